The van der Waals surface area contributed by atoms with Crippen molar-refractivity contribution in [3.05, 3.63) is 0 Å². The van der Waals surface area contributed by atoms with Gasteiger partial charge in [0.2, 0.25) is 5.06 Å². The molecule has 4 heteroatoms. The van der Waals surface area contributed by atoms with E-state index in [9.17, 15) is 4.79 Å². The Kier molecular flexibility index (Phi) is 3.24. The highest BCUT2D eigenvalue weighted by Crippen LogP contribution is 2.38. The molecule has 1 fully saturated rings. The van der Waals surface area contributed by atoms with Crippen LogP contribution in [0.25, 0.3) is 0 Å². The van der Waals surface area contributed by atoms with Gasteiger partial charge in [0, 0.05) is 13.3 Å². The summed E-state index contributed by atoms with van der Waals surface area (Å²) in [5, 5.41) is -1.21. The van der Waals surface area contributed by atoms with Gasteiger partial charge in [0.15, 0.2) is 0 Å². The highest BCUT2D eigenvalue weighted by molar-refractivity contribution is 6.32. The summed E-state index contributed by atoms with van der Waals surface area (Å²) in [5.74, 6) is -0.363. The summed E-state index contributed by atoms with van der Waals surface area (Å²) in [4.78, 5) is 10.7. The van der Waals surface area contributed by atoms with Crippen molar-refractivity contribution >= 4 is 29.2 Å². The summed E-state index contributed by atoms with van der Waals surface area (Å²) in [6.07, 6.45) is 3.50. The molecule has 0 aromatic heterocycles. The fourth-order valence-corrected chi connectivity index (χ4v) is 2.08. The molecular formula is C8H12Cl2O2. The van der Waals surface area contributed by atoms with Gasteiger partial charge in [-0.1, -0.05) is 18.0 Å². The van der Waals surface area contributed by atoms with Gasteiger partial charge in [-0.3, -0.25) is 4.79 Å². The van der Waals surface area contributed by atoms with Gasteiger partial charge in [0.05, 0.1) is 5.38 Å². The molecule has 0 aromatic carbocycles. The number of ether oxygens (including phenoxy) is 1. The van der Waals surface area contributed by atoms with E-state index in [1.807, 2.05) is 0 Å². The summed E-state index contributed by atoms with van der Waals surface area (Å²) in [6, 6.07) is 0. The van der Waals surface area contributed by atoms with E-state index in [2.05, 4.69) is 0 Å². The van der Waals surface area contributed by atoms with Crippen molar-refractivity contribution in [3.63, 3.8) is 0 Å². The number of hydrogen-bond donors (Lipinski definition) is 0. The first-order chi connectivity index (χ1) is 5.54. The number of carbonyl (C=O) groups is 1. The van der Waals surface area contributed by atoms with Crippen LogP contribution in [0.4, 0.5) is 0 Å². The first-order valence-electron chi connectivity index (χ1n) is 4.07. The van der Waals surface area contributed by atoms with Crippen LogP contribution in [-0.2, 0) is 9.53 Å². The van der Waals surface area contributed by atoms with Gasteiger partial charge in [-0.05, 0) is 12.8 Å². The van der Waals surface area contributed by atoms with E-state index < -0.39 is 5.06 Å². The van der Waals surface area contributed by atoms with Gasteiger partial charge in [0.25, 0.3) is 0 Å². The minimum absolute atomic E-state index is 0.253. The van der Waals surface area contributed by atoms with Crippen LogP contribution >= 0.6 is 23.2 Å². The molecule has 0 aliphatic heterocycles. The van der Waals surface area contributed by atoms with Crippen LogP contribution in [-0.4, -0.2) is 16.4 Å². The zero-order valence-corrected chi connectivity index (χ0v) is 8.49. The quantitative estimate of drug-likeness (QED) is 0.492. The van der Waals surface area contributed by atoms with E-state index in [1.165, 1.54) is 6.92 Å². The van der Waals surface area contributed by atoms with Crippen LogP contribution in [0.2, 0.25) is 0 Å². The Morgan fingerprint density at radius 1 is 1.58 bits per heavy atom. The molecular weight excluding hydrogens is 199 g/mol. The number of carbonyl (C=O) groups excluding carboxylic acids is 1. The number of hydrogen-bond acceptors (Lipinski definition) is 2. The number of halogens is 2. The summed E-state index contributed by atoms with van der Waals surface area (Å²) in [5.41, 5.74) is 0. The maximum absolute atomic E-state index is 10.7. The fourth-order valence-electron chi connectivity index (χ4n) is 1.42. The highest BCUT2D eigenvalue weighted by atomic mass is 35.5. The minimum Gasteiger partial charge on any atom is -0.442 e. The zero-order chi connectivity index (χ0) is 9.19. The summed E-state index contributed by atoms with van der Waals surface area (Å²) < 4.78 is 4.99. The second kappa shape index (κ2) is 3.84. The number of alkyl halides is 2. The monoisotopic (exact) mass is 210 g/mol. The molecule has 1 aliphatic rings. The Balaban J connectivity index is 2.59. The first kappa shape index (κ1) is 10.1. The average molecular weight is 211 g/mol. The average Bonchev–Trinajstić information content (AvgIpc) is 1.94. The van der Waals surface area contributed by atoms with Crippen molar-refractivity contribution in [1.82, 2.24) is 0 Å². The third-order valence-corrected chi connectivity index (χ3v) is 3.22. The van der Waals surface area contributed by atoms with Crippen molar-refractivity contribution < 1.29 is 9.53 Å². The van der Waals surface area contributed by atoms with Gasteiger partial charge in [-0.2, -0.15) is 0 Å². The molecule has 0 heterocycles. The largest absolute Gasteiger partial charge is 0.442 e. The Morgan fingerprint density at radius 3 is 2.75 bits per heavy atom. The van der Waals surface area contributed by atoms with E-state index in [-0.39, 0.29) is 11.3 Å². The molecule has 0 N–H and O–H groups in total. The van der Waals surface area contributed by atoms with Crippen molar-refractivity contribution in [2.75, 3.05) is 0 Å². The molecule has 0 aromatic rings. The Labute approximate surface area is 82.2 Å². The molecule has 1 rings (SSSR count). The Morgan fingerprint density at radius 2 is 2.25 bits per heavy atom. The first-order valence-corrected chi connectivity index (χ1v) is 4.88. The van der Waals surface area contributed by atoms with E-state index >= 15 is 0 Å². The smallest absolute Gasteiger partial charge is 0.304 e. The molecule has 0 radical (unpaired) electrons. The molecule has 0 spiro atoms. The zero-order valence-electron chi connectivity index (χ0n) is 6.98. The van der Waals surface area contributed by atoms with Gasteiger partial charge in [-0.25, -0.2) is 0 Å². The predicted molar refractivity (Wildman–Crippen MR) is 48.5 cm³/mol. The molecule has 1 saturated carbocycles. The SMILES string of the molecule is CC(=O)OC1(Cl)CCCCC1Cl. The van der Waals surface area contributed by atoms with E-state index in [4.69, 9.17) is 27.9 Å². The Hall–Kier alpha value is 0.0500. The van der Waals surface area contributed by atoms with Crippen molar-refractivity contribution in [2.45, 2.75) is 43.0 Å². The molecule has 0 amide bonds. The van der Waals surface area contributed by atoms with Crippen LogP contribution in [0.5, 0.6) is 0 Å². The van der Waals surface area contributed by atoms with Crippen molar-refractivity contribution in [1.29, 1.82) is 0 Å². The molecule has 12 heavy (non-hydrogen) atoms. The van der Waals surface area contributed by atoms with Crippen LogP contribution < -0.4 is 0 Å². The second-order valence-electron chi connectivity index (χ2n) is 3.09. The second-order valence-corrected chi connectivity index (χ2v) is 4.26. The van der Waals surface area contributed by atoms with Gasteiger partial charge in [0.1, 0.15) is 0 Å². The van der Waals surface area contributed by atoms with Crippen molar-refractivity contribution in [3.8, 4) is 0 Å². The highest BCUT2D eigenvalue weighted by Gasteiger charge is 2.40. The lowest BCUT2D eigenvalue weighted by molar-refractivity contribution is -0.151. The van der Waals surface area contributed by atoms with Crippen molar-refractivity contribution in [2.24, 2.45) is 0 Å². The molecule has 0 bridgehead atoms. The lowest BCUT2D eigenvalue weighted by Gasteiger charge is -2.34. The number of rotatable bonds is 1. The van der Waals surface area contributed by atoms with Gasteiger partial charge < -0.3 is 4.74 Å². The summed E-state index contributed by atoms with van der Waals surface area (Å²) in [6.45, 7) is 1.35. The predicted octanol–water partition coefficient (Wildman–Crippen LogP) is 2.67. The van der Waals surface area contributed by atoms with Gasteiger partial charge >= 0.3 is 5.97 Å². The summed E-state index contributed by atoms with van der Waals surface area (Å²) >= 11 is 12.0. The third kappa shape index (κ3) is 2.27. The molecule has 2 unspecified atom stereocenters. The van der Waals surface area contributed by atoms with E-state index in [0.717, 1.165) is 19.3 Å². The van der Waals surface area contributed by atoms with E-state index in [1.54, 1.807) is 0 Å². The normalized spacial score (nSPS) is 36.1. The van der Waals surface area contributed by atoms with Crippen LogP contribution in [0.3, 0.4) is 0 Å². The molecule has 1 aliphatic carbocycles. The van der Waals surface area contributed by atoms with Gasteiger partial charge in [-0.15, -0.1) is 11.6 Å². The topological polar surface area (TPSA) is 26.3 Å². The summed E-state index contributed by atoms with van der Waals surface area (Å²) in [7, 11) is 0. The van der Waals surface area contributed by atoms with E-state index in [0.29, 0.717) is 6.42 Å². The van der Waals surface area contributed by atoms with Crippen LogP contribution in [0.15, 0.2) is 0 Å². The standard InChI is InChI=1S/C8H12Cl2O2/c1-6(11)12-8(10)5-3-2-4-7(8)9/h7H,2-5H2,1H3. The molecule has 0 saturated heterocycles. The minimum atomic E-state index is -0.953. The number of esters is 1. The molecule has 2 atom stereocenters. The van der Waals surface area contributed by atoms with Crippen LogP contribution in [0, 0.1) is 0 Å². The lowest BCUT2D eigenvalue weighted by Crippen LogP contribution is -2.40. The van der Waals surface area contributed by atoms with Crippen LogP contribution in [0.1, 0.15) is 32.6 Å². The fraction of sp³-hybridized carbons (Fsp3) is 0.875. The molecule has 70 valence electrons. The Bertz CT molecular complexity index is 184. The molecule has 2 nitrogen and oxygen atoms in total. The maximum atomic E-state index is 10.7. The third-order valence-electron chi connectivity index (χ3n) is 2.01. The lowest BCUT2D eigenvalue weighted by atomic mass is 9.96. The maximum Gasteiger partial charge on any atom is 0.304 e.